The fraction of sp³-hybridized carbons (Fsp3) is 0.320. The van der Waals surface area contributed by atoms with Gasteiger partial charge in [-0.15, -0.1) is 0 Å². The van der Waals surface area contributed by atoms with E-state index in [1.165, 1.54) is 42.6 Å². The van der Waals surface area contributed by atoms with Crippen LogP contribution in [0.4, 0.5) is 0 Å². The van der Waals surface area contributed by atoms with Gasteiger partial charge in [-0.3, -0.25) is 4.98 Å². The molecule has 0 aliphatic rings. The minimum Gasteiger partial charge on any atom is -0.256 e. The molecule has 1 aromatic heterocycles. The van der Waals surface area contributed by atoms with Crippen LogP contribution in [-0.2, 0) is 6.37 Å². The molecule has 0 bridgehead atoms. The van der Waals surface area contributed by atoms with Crippen LogP contribution in [0.15, 0.2) is 54.7 Å². The molecule has 3 rings (SSSR count). The Bertz CT molecular complexity index is 1260. The van der Waals surface area contributed by atoms with Gasteiger partial charge in [0.1, 0.15) is 0 Å². The molecule has 0 saturated carbocycles. The van der Waals surface area contributed by atoms with Gasteiger partial charge in [-0.1, -0.05) is 51.1 Å². The maximum absolute atomic E-state index is 8.60. The number of aromatic nitrogens is 1. The molecule has 0 unspecified atom stereocenters. The molecular formula is C25H29N. The van der Waals surface area contributed by atoms with Gasteiger partial charge in [-0.25, -0.2) is 0 Å². The van der Waals surface area contributed by atoms with Crippen molar-refractivity contribution in [3.8, 4) is 22.4 Å². The van der Waals surface area contributed by atoms with Crippen molar-refractivity contribution in [2.45, 2.75) is 47.7 Å². The number of rotatable bonds is 3. The van der Waals surface area contributed by atoms with E-state index in [1.54, 1.807) is 32.9 Å². The summed E-state index contributed by atoms with van der Waals surface area (Å²) in [4.78, 5) is 4.34. The monoisotopic (exact) mass is 354 g/mol. The zero-order valence-electron chi connectivity index (χ0n) is 26.1. The number of hydrogen-bond acceptors (Lipinski definition) is 1. The standard InChI is InChI=1S/C25H29N/c1-17-10-11-21(15-22(17)24-18(2)8-7-9-19(24)3)23-14-20(12-13-26-23)16-25(4,5)6/h7-15H,16H2,1-6H3/i1D3,2D3,3D3,16D2. The minimum atomic E-state index is -2.71. The molecular weight excluding hydrogens is 314 g/mol. The third-order valence-electron chi connectivity index (χ3n) is 3.93. The topological polar surface area (TPSA) is 12.9 Å². The van der Waals surface area contributed by atoms with Gasteiger partial charge in [0.05, 0.1) is 5.69 Å². The summed E-state index contributed by atoms with van der Waals surface area (Å²) in [5.74, 6) is 0. The molecule has 26 heavy (non-hydrogen) atoms. The van der Waals surface area contributed by atoms with Gasteiger partial charge in [-0.05, 0) is 83.9 Å². The molecule has 1 heterocycles. The van der Waals surface area contributed by atoms with Gasteiger partial charge in [0, 0.05) is 26.8 Å². The molecule has 0 atom stereocenters. The van der Waals surface area contributed by atoms with Crippen LogP contribution in [0.3, 0.4) is 0 Å². The Kier molecular flexibility index (Phi) is 2.45. The van der Waals surface area contributed by atoms with E-state index in [0.29, 0.717) is 16.8 Å². The lowest BCUT2D eigenvalue weighted by Crippen LogP contribution is -2.09. The van der Waals surface area contributed by atoms with Gasteiger partial charge < -0.3 is 0 Å². The SMILES string of the molecule is [2H]C([2H])([2H])c1ccc(-c2cc(C([2H])([2H])C(C)(C)C)ccn2)cc1-c1c(C([2H])([2H])[2H])cccc1C([2H])([2H])[2H]. The smallest absolute Gasteiger partial charge is 0.0704 e. The first kappa shape index (κ1) is 8.99. The van der Waals surface area contributed by atoms with Crippen molar-refractivity contribution < 1.29 is 15.1 Å². The molecule has 0 amide bonds. The van der Waals surface area contributed by atoms with E-state index in [-0.39, 0.29) is 27.8 Å². The number of hydrogen-bond donors (Lipinski definition) is 0. The van der Waals surface area contributed by atoms with E-state index < -0.39 is 32.3 Å². The molecule has 134 valence electrons. The summed E-state index contributed by atoms with van der Waals surface area (Å²) in [6.45, 7) is -2.75. The highest BCUT2D eigenvalue weighted by atomic mass is 14.7. The van der Waals surface area contributed by atoms with Crippen LogP contribution in [0.25, 0.3) is 22.4 Å². The predicted molar refractivity (Wildman–Crippen MR) is 112 cm³/mol. The molecule has 2 aromatic carbocycles. The summed E-state index contributed by atoms with van der Waals surface area (Å²) in [6.07, 6.45) is -0.260. The molecule has 0 saturated heterocycles. The Hall–Kier alpha value is -2.41. The lowest BCUT2D eigenvalue weighted by molar-refractivity contribution is 0.411. The number of nitrogens with zero attached hydrogens (tertiary/aromatic N) is 1. The minimum absolute atomic E-state index is 0.0404. The van der Waals surface area contributed by atoms with Crippen LogP contribution < -0.4 is 0 Å². The lowest BCUT2D eigenvalue weighted by atomic mass is 9.87. The predicted octanol–water partition coefficient (Wildman–Crippen LogP) is 6.93. The van der Waals surface area contributed by atoms with Gasteiger partial charge in [-0.2, -0.15) is 0 Å². The van der Waals surface area contributed by atoms with Crippen molar-refractivity contribution in [2.75, 3.05) is 0 Å². The van der Waals surface area contributed by atoms with Crippen molar-refractivity contribution in [1.82, 2.24) is 4.98 Å². The van der Waals surface area contributed by atoms with Gasteiger partial charge in [0.25, 0.3) is 0 Å². The van der Waals surface area contributed by atoms with Gasteiger partial charge >= 0.3 is 0 Å². The van der Waals surface area contributed by atoms with E-state index in [2.05, 4.69) is 4.98 Å². The second-order valence-electron chi connectivity index (χ2n) is 7.29. The van der Waals surface area contributed by atoms with E-state index in [4.69, 9.17) is 15.1 Å². The Labute approximate surface area is 173 Å². The maximum atomic E-state index is 8.60. The molecule has 0 radical (unpaired) electrons. The Morgan fingerprint density at radius 2 is 1.65 bits per heavy atom. The summed E-state index contributed by atoms with van der Waals surface area (Å²) in [5, 5.41) is 0. The van der Waals surface area contributed by atoms with Crippen LogP contribution >= 0.6 is 0 Å². The quantitative estimate of drug-likeness (QED) is 0.497. The Balaban J connectivity index is 2.39. The van der Waals surface area contributed by atoms with Crippen LogP contribution in [0, 0.1) is 26.0 Å². The largest absolute Gasteiger partial charge is 0.256 e. The van der Waals surface area contributed by atoms with Crippen molar-refractivity contribution in [2.24, 2.45) is 5.41 Å². The normalized spacial score (nSPS) is 19.9. The van der Waals surface area contributed by atoms with Gasteiger partial charge in [0.2, 0.25) is 0 Å². The summed E-state index contributed by atoms with van der Waals surface area (Å²) >= 11 is 0. The lowest BCUT2D eigenvalue weighted by Gasteiger charge is -2.18. The number of pyridine rings is 1. The zero-order chi connectivity index (χ0) is 28.2. The van der Waals surface area contributed by atoms with Crippen molar-refractivity contribution in [1.29, 1.82) is 0 Å². The molecule has 0 N–H and O–H groups in total. The zero-order valence-corrected chi connectivity index (χ0v) is 15.1. The maximum Gasteiger partial charge on any atom is 0.0704 e. The molecule has 0 aliphatic carbocycles. The second kappa shape index (κ2) is 7.07. The first-order valence-electron chi connectivity index (χ1n) is 13.9. The molecule has 3 aromatic rings. The molecule has 1 heteroatoms. The molecule has 0 fully saturated rings. The van der Waals surface area contributed by atoms with Crippen LogP contribution in [-0.4, -0.2) is 4.98 Å². The Morgan fingerprint density at radius 1 is 0.923 bits per heavy atom. The van der Waals surface area contributed by atoms with Crippen LogP contribution in [0.1, 0.15) is 58.1 Å². The highest BCUT2D eigenvalue weighted by Crippen LogP contribution is 2.33. The fourth-order valence-electron chi connectivity index (χ4n) is 2.85. The summed E-state index contributed by atoms with van der Waals surface area (Å²) in [6, 6.07) is 11.3. The van der Waals surface area contributed by atoms with Gasteiger partial charge in [0.15, 0.2) is 0 Å². The summed E-state index contributed by atoms with van der Waals surface area (Å²) in [7, 11) is 0. The van der Waals surface area contributed by atoms with Crippen LogP contribution in [0.2, 0.25) is 0 Å². The summed E-state index contributed by atoms with van der Waals surface area (Å²) in [5.41, 5.74) is -0.564. The average molecular weight is 355 g/mol. The third kappa shape index (κ3) is 4.04. The van der Waals surface area contributed by atoms with Crippen molar-refractivity contribution in [3.05, 3.63) is 77.0 Å². The average Bonchev–Trinajstić information content (AvgIpc) is 2.75. The van der Waals surface area contributed by atoms with E-state index in [1.807, 2.05) is 0 Å². The summed E-state index contributed by atoms with van der Waals surface area (Å²) < 4.78 is 89.5. The Morgan fingerprint density at radius 3 is 2.31 bits per heavy atom. The van der Waals surface area contributed by atoms with E-state index in [0.717, 1.165) is 0 Å². The van der Waals surface area contributed by atoms with Crippen molar-refractivity contribution >= 4 is 0 Å². The number of benzene rings is 2. The third-order valence-corrected chi connectivity index (χ3v) is 3.93. The first-order valence-corrected chi connectivity index (χ1v) is 8.41. The fourth-order valence-corrected chi connectivity index (χ4v) is 2.85. The van der Waals surface area contributed by atoms with E-state index >= 15 is 0 Å². The van der Waals surface area contributed by atoms with Crippen molar-refractivity contribution in [3.63, 3.8) is 0 Å². The number of aryl methyl sites for hydroxylation is 3. The first-order chi connectivity index (χ1) is 16.7. The molecule has 1 nitrogen and oxygen atoms in total. The van der Waals surface area contributed by atoms with Crippen LogP contribution in [0.5, 0.6) is 0 Å². The molecule has 0 spiro atoms. The highest BCUT2D eigenvalue weighted by Gasteiger charge is 2.13. The highest BCUT2D eigenvalue weighted by molar-refractivity contribution is 5.78. The second-order valence-corrected chi connectivity index (χ2v) is 7.29. The van der Waals surface area contributed by atoms with E-state index in [9.17, 15) is 0 Å². The molecule has 0 aliphatic heterocycles.